The van der Waals surface area contributed by atoms with Gasteiger partial charge in [0.05, 0.1) is 23.2 Å². The number of hydrogen-bond donors (Lipinski definition) is 1. The smallest absolute Gasteiger partial charge is 0.313 e. The van der Waals surface area contributed by atoms with E-state index in [1.807, 2.05) is 10.6 Å². The van der Waals surface area contributed by atoms with Gasteiger partial charge in [-0.05, 0) is 6.07 Å². The Morgan fingerprint density at radius 2 is 2.40 bits per heavy atom. The molecule has 2 rings (SSSR count). The summed E-state index contributed by atoms with van der Waals surface area (Å²) >= 11 is 2.89. The molecule has 7 heteroatoms. The first-order valence-electron chi connectivity index (χ1n) is 5.88. The first-order valence-corrected chi connectivity index (χ1v) is 8.02. The number of fused-ring (bicyclic) bond motifs is 1. The van der Waals surface area contributed by atoms with E-state index in [1.54, 1.807) is 24.2 Å². The number of hydrogen-bond acceptors (Lipinski definition) is 5. The van der Waals surface area contributed by atoms with E-state index in [0.717, 1.165) is 23.3 Å². The second-order valence-corrected chi connectivity index (χ2v) is 5.90. The molecule has 0 aliphatic rings. The normalized spacial score (nSPS) is 10.6. The topological polar surface area (TPSA) is 68.0 Å². The van der Waals surface area contributed by atoms with E-state index in [0.29, 0.717) is 10.9 Å². The lowest BCUT2D eigenvalue weighted by atomic mass is 10.4. The minimum atomic E-state index is -0.853. The Kier molecular flexibility index (Phi) is 5.32. The molecule has 0 saturated heterocycles. The number of thioether (sulfide) groups is 2. The number of pyridine rings is 1. The summed E-state index contributed by atoms with van der Waals surface area (Å²) in [6.07, 6.45) is 8.62. The molecule has 2 aromatic rings. The first kappa shape index (κ1) is 14.8. The molecule has 104 valence electrons. The molecule has 5 nitrogen and oxygen atoms in total. The molecule has 0 spiro atoms. The van der Waals surface area contributed by atoms with Crippen molar-refractivity contribution in [2.24, 2.45) is 0 Å². The lowest BCUT2D eigenvalue weighted by molar-refractivity contribution is -0.133. The van der Waals surface area contributed by atoms with Gasteiger partial charge in [0, 0.05) is 18.5 Å². The third-order valence-electron chi connectivity index (χ3n) is 2.48. The zero-order chi connectivity index (χ0) is 14.4. The maximum Gasteiger partial charge on any atom is 0.313 e. The van der Waals surface area contributed by atoms with Crippen molar-refractivity contribution < 1.29 is 9.90 Å². The van der Waals surface area contributed by atoms with Crippen molar-refractivity contribution in [1.29, 1.82) is 0 Å². The van der Waals surface area contributed by atoms with Crippen LogP contribution in [0.2, 0.25) is 0 Å². The Hall–Kier alpha value is -1.65. The Morgan fingerprint density at radius 3 is 3.15 bits per heavy atom. The van der Waals surface area contributed by atoms with Crippen LogP contribution in [0.15, 0.2) is 23.6 Å². The van der Waals surface area contributed by atoms with Gasteiger partial charge in [-0.1, -0.05) is 17.7 Å². The van der Waals surface area contributed by atoms with Gasteiger partial charge in [0.15, 0.2) is 5.16 Å². The summed E-state index contributed by atoms with van der Waals surface area (Å²) in [6.45, 7) is 0.745. The second kappa shape index (κ2) is 7.22. The summed E-state index contributed by atoms with van der Waals surface area (Å²) in [4.78, 5) is 19.2. The highest BCUT2D eigenvalue weighted by molar-refractivity contribution is 8.00. The molecular formula is C13H13N3O2S2. The number of carbonyl (C=O) groups is 1. The van der Waals surface area contributed by atoms with E-state index in [2.05, 4.69) is 15.9 Å². The van der Waals surface area contributed by atoms with Crippen molar-refractivity contribution >= 4 is 40.5 Å². The standard InChI is InChI=1S/C13H13N3O2S2/c1-2-6-19-7-5-16-11-3-4-14-8-10(11)15-13(16)20-9-12(17)18/h1,3-4,8H,5-7,9H2,(H,17,18). The predicted octanol–water partition coefficient (Wildman–Crippen LogP) is 1.97. The van der Waals surface area contributed by atoms with Crippen LogP contribution in [-0.4, -0.2) is 42.9 Å². The van der Waals surface area contributed by atoms with Crippen molar-refractivity contribution in [2.75, 3.05) is 17.3 Å². The zero-order valence-electron chi connectivity index (χ0n) is 10.7. The fraction of sp³-hybridized carbons (Fsp3) is 0.308. The molecule has 1 N–H and O–H groups in total. The van der Waals surface area contributed by atoms with Crippen LogP contribution in [0.4, 0.5) is 0 Å². The number of aromatic nitrogens is 3. The van der Waals surface area contributed by atoms with Gasteiger partial charge in [-0.15, -0.1) is 18.2 Å². The lowest BCUT2D eigenvalue weighted by Crippen LogP contribution is -2.05. The number of aryl methyl sites for hydroxylation is 1. The van der Waals surface area contributed by atoms with Crippen LogP contribution in [0.3, 0.4) is 0 Å². The number of carboxylic acid groups (broad SMARTS) is 1. The molecule has 0 radical (unpaired) electrons. The maximum absolute atomic E-state index is 10.7. The molecule has 0 aromatic carbocycles. The highest BCUT2D eigenvalue weighted by atomic mass is 32.2. The zero-order valence-corrected chi connectivity index (χ0v) is 12.3. The Morgan fingerprint density at radius 1 is 1.55 bits per heavy atom. The average molecular weight is 307 g/mol. The van der Waals surface area contributed by atoms with E-state index in [-0.39, 0.29) is 5.75 Å². The molecule has 0 unspecified atom stereocenters. The lowest BCUT2D eigenvalue weighted by Gasteiger charge is -2.07. The highest BCUT2D eigenvalue weighted by Crippen LogP contribution is 2.23. The molecule has 0 aliphatic carbocycles. The summed E-state index contributed by atoms with van der Waals surface area (Å²) in [5, 5.41) is 9.50. The monoisotopic (exact) mass is 307 g/mol. The summed E-state index contributed by atoms with van der Waals surface area (Å²) in [5.41, 5.74) is 1.75. The van der Waals surface area contributed by atoms with Crippen LogP contribution >= 0.6 is 23.5 Å². The molecule has 2 aromatic heterocycles. The SMILES string of the molecule is C#CCSCCn1c(SCC(=O)O)nc2cnccc21. The summed E-state index contributed by atoms with van der Waals surface area (Å²) in [6, 6.07) is 1.89. The fourth-order valence-electron chi connectivity index (χ4n) is 1.70. The number of aliphatic carboxylic acids is 1. The van der Waals surface area contributed by atoms with Gasteiger partial charge < -0.3 is 9.67 Å². The van der Waals surface area contributed by atoms with E-state index in [9.17, 15) is 4.79 Å². The van der Waals surface area contributed by atoms with Gasteiger partial charge in [-0.3, -0.25) is 9.78 Å². The van der Waals surface area contributed by atoms with Crippen molar-refractivity contribution in [3.63, 3.8) is 0 Å². The van der Waals surface area contributed by atoms with Crippen LogP contribution in [-0.2, 0) is 11.3 Å². The van der Waals surface area contributed by atoms with Gasteiger partial charge in [0.1, 0.15) is 5.52 Å². The van der Waals surface area contributed by atoms with Crippen LogP contribution < -0.4 is 0 Å². The molecule has 0 amide bonds. The summed E-state index contributed by atoms with van der Waals surface area (Å²) in [7, 11) is 0. The molecule has 0 atom stereocenters. The van der Waals surface area contributed by atoms with Crippen molar-refractivity contribution in [3.05, 3.63) is 18.5 Å². The van der Waals surface area contributed by atoms with Crippen molar-refractivity contribution in [3.8, 4) is 12.3 Å². The van der Waals surface area contributed by atoms with Gasteiger partial charge in [-0.25, -0.2) is 4.98 Å². The van der Waals surface area contributed by atoms with Crippen molar-refractivity contribution in [2.45, 2.75) is 11.7 Å². The quantitative estimate of drug-likeness (QED) is 0.479. The van der Waals surface area contributed by atoms with Crippen LogP contribution in [0.5, 0.6) is 0 Å². The molecular weight excluding hydrogens is 294 g/mol. The highest BCUT2D eigenvalue weighted by Gasteiger charge is 2.12. The minimum absolute atomic E-state index is 0.00571. The van der Waals surface area contributed by atoms with Gasteiger partial charge in [-0.2, -0.15) is 0 Å². The predicted molar refractivity (Wildman–Crippen MR) is 82.0 cm³/mol. The second-order valence-electron chi connectivity index (χ2n) is 3.85. The summed E-state index contributed by atoms with van der Waals surface area (Å²) in [5.74, 6) is 3.26. The van der Waals surface area contributed by atoms with Crippen LogP contribution in [0.25, 0.3) is 11.0 Å². The molecule has 0 saturated carbocycles. The van der Waals surface area contributed by atoms with Gasteiger partial charge >= 0.3 is 5.97 Å². The molecule has 0 bridgehead atoms. The van der Waals surface area contributed by atoms with E-state index < -0.39 is 5.97 Å². The van der Waals surface area contributed by atoms with E-state index >= 15 is 0 Å². The van der Waals surface area contributed by atoms with E-state index in [4.69, 9.17) is 11.5 Å². The van der Waals surface area contributed by atoms with Gasteiger partial charge in [0.2, 0.25) is 0 Å². The first-order chi connectivity index (χ1) is 9.72. The Bertz CT molecular complexity index is 649. The largest absolute Gasteiger partial charge is 0.481 e. The average Bonchev–Trinajstić information content (AvgIpc) is 2.79. The van der Waals surface area contributed by atoms with Crippen LogP contribution in [0, 0.1) is 12.3 Å². The summed E-state index contributed by atoms with van der Waals surface area (Å²) < 4.78 is 2.02. The van der Waals surface area contributed by atoms with Crippen molar-refractivity contribution in [1.82, 2.24) is 14.5 Å². The number of terminal acetylenes is 1. The van der Waals surface area contributed by atoms with E-state index in [1.165, 1.54) is 11.8 Å². The Labute approximate surface area is 125 Å². The molecule has 20 heavy (non-hydrogen) atoms. The third-order valence-corrected chi connectivity index (χ3v) is 4.29. The number of imidazole rings is 1. The molecule has 2 heterocycles. The molecule has 0 fully saturated rings. The number of rotatable bonds is 7. The maximum atomic E-state index is 10.7. The molecule has 0 aliphatic heterocycles. The minimum Gasteiger partial charge on any atom is -0.481 e. The Balaban J connectivity index is 2.20. The third kappa shape index (κ3) is 3.68. The number of carboxylic acids is 1. The van der Waals surface area contributed by atoms with Gasteiger partial charge in [0.25, 0.3) is 0 Å². The number of nitrogens with zero attached hydrogens (tertiary/aromatic N) is 3. The fourth-order valence-corrected chi connectivity index (χ4v) is 3.03. The van der Waals surface area contributed by atoms with Crippen LogP contribution in [0.1, 0.15) is 0 Å².